The summed E-state index contributed by atoms with van der Waals surface area (Å²) in [4.78, 5) is 21.0. The summed E-state index contributed by atoms with van der Waals surface area (Å²) in [6.45, 7) is -0.503. The summed E-state index contributed by atoms with van der Waals surface area (Å²) in [5.74, 6) is -0.950. The molecule has 7 heteroatoms. The SMILES string of the molecule is NC(=O)c1c(CO)[nH]o[n+]1=O. The molecule has 0 unspecified atom stereocenters. The number of primary amides is 1. The monoisotopic (exact) mass is 160 g/mol. The number of aliphatic hydroxyl groups is 1. The lowest BCUT2D eigenvalue weighted by molar-refractivity contribution is -0.714. The molecule has 60 valence electrons. The smallest absolute Gasteiger partial charge is 0.334 e. The molecular weight excluding hydrogens is 154 g/mol. The number of carbonyl (C=O) groups excluding carboxylic acids is 1. The van der Waals surface area contributed by atoms with Crippen LogP contribution in [0.2, 0.25) is 0 Å². The van der Waals surface area contributed by atoms with Crippen LogP contribution in [0.1, 0.15) is 16.2 Å². The maximum atomic E-state index is 10.5. The van der Waals surface area contributed by atoms with E-state index in [-0.39, 0.29) is 10.3 Å². The van der Waals surface area contributed by atoms with Gasteiger partial charge in [-0.15, -0.1) is 0 Å². The molecule has 0 aliphatic carbocycles. The fourth-order valence-electron chi connectivity index (χ4n) is 0.647. The van der Waals surface area contributed by atoms with Crippen LogP contribution in [0.5, 0.6) is 0 Å². The maximum absolute atomic E-state index is 10.5. The van der Waals surface area contributed by atoms with Crippen molar-refractivity contribution >= 4 is 5.91 Å². The molecule has 0 saturated heterocycles. The van der Waals surface area contributed by atoms with Gasteiger partial charge in [-0.3, -0.25) is 4.79 Å². The number of H-pyrrole nitrogens is 1. The number of rotatable bonds is 2. The van der Waals surface area contributed by atoms with Gasteiger partial charge in [0.05, 0.1) is 0 Å². The van der Waals surface area contributed by atoms with Gasteiger partial charge in [-0.2, -0.15) is 0 Å². The lowest BCUT2D eigenvalue weighted by atomic mass is 10.3. The Morgan fingerprint density at radius 1 is 1.82 bits per heavy atom. The minimum Gasteiger partial charge on any atom is -0.388 e. The molecule has 0 aliphatic heterocycles. The molecule has 11 heavy (non-hydrogen) atoms. The zero-order valence-electron chi connectivity index (χ0n) is 5.40. The Balaban J connectivity index is 3.29. The Morgan fingerprint density at radius 2 is 2.45 bits per heavy atom. The number of nitrogens with zero attached hydrogens (tertiary/aromatic N) is 1. The lowest BCUT2D eigenvalue weighted by Gasteiger charge is -1.80. The van der Waals surface area contributed by atoms with Crippen molar-refractivity contribution < 1.29 is 19.1 Å². The number of aromatic nitrogens is 2. The van der Waals surface area contributed by atoms with Crippen molar-refractivity contribution in [2.24, 2.45) is 5.73 Å². The van der Waals surface area contributed by atoms with E-state index in [1.165, 1.54) is 0 Å². The number of amides is 1. The van der Waals surface area contributed by atoms with Crippen molar-refractivity contribution in [1.82, 2.24) is 5.16 Å². The highest BCUT2D eigenvalue weighted by Crippen LogP contribution is 1.96. The topological polar surface area (TPSA) is 115 Å². The van der Waals surface area contributed by atoms with E-state index in [0.717, 1.165) is 0 Å². The van der Waals surface area contributed by atoms with Crippen molar-refractivity contribution in [2.45, 2.75) is 6.61 Å². The van der Waals surface area contributed by atoms with Crippen molar-refractivity contribution in [3.8, 4) is 0 Å². The third kappa shape index (κ3) is 1.13. The summed E-state index contributed by atoms with van der Waals surface area (Å²) >= 11 is 0. The average Bonchev–Trinajstić information content (AvgIpc) is 2.30. The van der Waals surface area contributed by atoms with Gasteiger partial charge >= 0.3 is 11.6 Å². The van der Waals surface area contributed by atoms with Crippen LogP contribution >= 0.6 is 0 Å². The highest BCUT2D eigenvalue weighted by atomic mass is 16.7. The van der Waals surface area contributed by atoms with Gasteiger partial charge in [0, 0.05) is 0 Å². The Kier molecular flexibility index (Phi) is 1.73. The van der Waals surface area contributed by atoms with Crippen LogP contribution in [0, 0.1) is 4.91 Å². The van der Waals surface area contributed by atoms with Gasteiger partial charge in [-0.1, -0.05) is 9.79 Å². The summed E-state index contributed by atoms with van der Waals surface area (Å²) in [5, 5.41) is 10.6. The second-order valence-corrected chi connectivity index (χ2v) is 1.80. The zero-order chi connectivity index (χ0) is 8.43. The molecule has 0 fully saturated rings. The molecule has 0 aliphatic rings. The molecule has 1 amide bonds. The molecule has 1 heterocycles. The van der Waals surface area contributed by atoms with Gasteiger partial charge in [-0.25, -0.2) is 0 Å². The van der Waals surface area contributed by atoms with Crippen LogP contribution in [0.25, 0.3) is 0 Å². The number of nitrogens with two attached hydrogens (primary N) is 1. The van der Waals surface area contributed by atoms with Crippen molar-refractivity contribution in [1.29, 1.82) is 0 Å². The quantitative estimate of drug-likeness (QED) is 0.469. The maximum Gasteiger partial charge on any atom is 0.334 e. The van der Waals surface area contributed by atoms with Gasteiger partial charge in [-0.05, 0) is 4.91 Å². The summed E-state index contributed by atoms with van der Waals surface area (Å²) in [6, 6.07) is 0. The number of aromatic amines is 1. The van der Waals surface area contributed by atoms with E-state index in [1.54, 1.807) is 0 Å². The van der Waals surface area contributed by atoms with E-state index in [9.17, 15) is 9.70 Å². The summed E-state index contributed by atoms with van der Waals surface area (Å²) in [7, 11) is 0. The van der Waals surface area contributed by atoms with Crippen LogP contribution in [-0.4, -0.2) is 16.2 Å². The average molecular weight is 160 g/mol. The van der Waals surface area contributed by atoms with Crippen molar-refractivity contribution in [3.05, 3.63) is 16.3 Å². The Morgan fingerprint density at radius 3 is 2.82 bits per heavy atom. The Hall–Kier alpha value is -1.63. The highest BCUT2D eigenvalue weighted by molar-refractivity contribution is 5.90. The van der Waals surface area contributed by atoms with Crippen molar-refractivity contribution in [3.63, 3.8) is 0 Å². The highest BCUT2D eigenvalue weighted by Gasteiger charge is 2.24. The van der Waals surface area contributed by atoms with Crippen LogP contribution < -0.4 is 10.3 Å². The number of nitrogens with one attached hydrogen (secondary N) is 1. The van der Waals surface area contributed by atoms with Crippen LogP contribution in [0.15, 0.2) is 4.63 Å². The van der Waals surface area contributed by atoms with Crippen molar-refractivity contribution in [2.75, 3.05) is 0 Å². The summed E-state index contributed by atoms with van der Waals surface area (Å²) in [6.07, 6.45) is 0. The first kappa shape index (κ1) is 7.48. The molecule has 0 bridgehead atoms. The molecule has 1 aromatic rings. The molecule has 4 N–H and O–H groups in total. The molecule has 1 rings (SSSR count). The normalized spacial score (nSPS) is 9.91. The fourth-order valence-corrected chi connectivity index (χ4v) is 0.647. The Labute approximate surface area is 59.9 Å². The number of hydrogen-bond acceptors (Lipinski definition) is 4. The fraction of sp³-hybridized carbons (Fsp3) is 0.250. The van der Waals surface area contributed by atoms with E-state index >= 15 is 0 Å². The third-order valence-corrected chi connectivity index (χ3v) is 1.11. The molecule has 0 atom stereocenters. The lowest BCUT2D eigenvalue weighted by Crippen LogP contribution is -2.27. The number of carbonyl (C=O) groups is 1. The van der Waals surface area contributed by atoms with Gasteiger partial charge in [0.25, 0.3) is 0 Å². The summed E-state index contributed by atoms with van der Waals surface area (Å²) < 4.78 is 4.03. The summed E-state index contributed by atoms with van der Waals surface area (Å²) in [5.41, 5.74) is 4.34. The molecule has 0 radical (unpaired) electrons. The molecule has 0 aromatic carbocycles. The predicted molar refractivity (Wildman–Crippen MR) is 30.9 cm³/mol. The molecule has 0 spiro atoms. The van der Waals surface area contributed by atoms with Gasteiger partial charge in [0.2, 0.25) is 5.69 Å². The van der Waals surface area contributed by atoms with Gasteiger partial charge in [0.15, 0.2) is 4.60 Å². The van der Waals surface area contributed by atoms with E-state index in [2.05, 4.69) is 4.63 Å². The van der Waals surface area contributed by atoms with E-state index < -0.39 is 18.2 Å². The minimum absolute atomic E-state index is 0.0347. The minimum atomic E-state index is -0.950. The first-order valence-electron chi connectivity index (χ1n) is 2.71. The second-order valence-electron chi connectivity index (χ2n) is 1.80. The largest absolute Gasteiger partial charge is 0.388 e. The number of aliphatic hydroxyl groups excluding tert-OH is 1. The van der Waals surface area contributed by atoms with E-state index in [1.807, 2.05) is 5.16 Å². The molecular formula is C4H6N3O4+. The predicted octanol–water partition coefficient (Wildman–Crippen LogP) is -1.89. The van der Waals surface area contributed by atoms with Gasteiger partial charge in [0.1, 0.15) is 6.61 Å². The second kappa shape index (κ2) is 2.54. The first-order chi connectivity index (χ1) is 5.16. The van der Waals surface area contributed by atoms with Crippen LogP contribution in [-0.2, 0) is 6.61 Å². The van der Waals surface area contributed by atoms with E-state index in [4.69, 9.17) is 10.8 Å². The Bertz CT molecular complexity index is 324. The third-order valence-electron chi connectivity index (χ3n) is 1.11. The zero-order valence-corrected chi connectivity index (χ0v) is 5.40. The molecule has 7 nitrogen and oxygen atoms in total. The van der Waals surface area contributed by atoms with E-state index in [0.29, 0.717) is 0 Å². The number of hydrogen-bond donors (Lipinski definition) is 3. The standard InChI is InChI=1S/C4H5N3O4/c5-4(9)3-2(1-8)6-11-7(3)10/h8H,1H2,(H2-,5,6,9,10)/p+1. The first-order valence-corrected chi connectivity index (χ1v) is 2.71. The molecule has 0 saturated carbocycles. The van der Waals surface area contributed by atoms with Crippen LogP contribution in [0.4, 0.5) is 0 Å². The van der Waals surface area contributed by atoms with Crippen LogP contribution in [0.3, 0.4) is 0 Å². The van der Waals surface area contributed by atoms with Gasteiger partial charge < -0.3 is 10.8 Å². The molecule has 1 aromatic heterocycles.